The first-order valence-corrected chi connectivity index (χ1v) is 3.53. The van der Waals surface area contributed by atoms with Crippen molar-refractivity contribution in [2.45, 2.75) is 27.7 Å². The molecule has 0 N–H and O–H groups in total. The molecule has 1 saturated carbocycles. The average Bonchev–Trinajstić information content (AvgIpc) is 2.10. The Kier molecular flexibility index (Phi) is 1.42. The summed E-state index contributed by atoms with van der Waals surface area (Å²) in [5.74, 6) is 0.752. The highest BCUT2D eigenvalue weighted by atomic mass is 14.5. The van der Waals surface area contributed by atoms with Crippen LogP contribution in [0, 0.1) is 17.8 Å². The topological polar surface area (TPSA) is 0 Å². The van der Waals surface area contributed by atoms with Crippen LogP contribution in [0.3, 0.4) is 0 Å². The second kappa shape index (κ2) is 1.86. The lowest BCUT2D eigenvalue weighted by Crippen LogP contribution is -1.86. The zero-order valence-corrected chi connectivity index (χ0v) is 6.73. The number of hydrogen-bond donors (Lipinski definition) is 0. The fraction of sp³-hybridized carbons (Fsp3) is 0.667. The maximum absolute atomic E-state index is 2.38. The molecule has 0 bridgehead atoms. The van der Waals surface area contributed by atoms with Crippen LogP contribution < -0.4 is 0 Å². The molecule has 1 atom stereocenters. The van der Waals surface area contributed by atoms with Gasteiger partial charge in [0.05, 0.1) is 0 Å². The lowest BCUT2D eigenvalue weighted by atomic mass is 10.1. The molecule has 0 nitrogen and oxygen atoms in total. The molecule has 0 saturated heterocycles. The minimum absolute atomic E-state index is 0.497. The van der Waals surface area contributed by atoms with E-state index in [1.807, 2.05) is 0 Å². The summed E-state index contributed by atoms with van der Waals surface area (Å²) >= 11 is 0. The zero-order chi connectivity index (χ0) is 7.07. The minimum Gasteiger partial charge on any atom is -0.0819 e. The molecule has 0 aromatic heterocycles. The molecule has 1 rings (SSSR count). The molecule has 0 aliphatic heterocycles. The van der Waals surface area contributed by atoms with Crippen molar-refractivity contribution in [1.82, 2.24) is 0 Å². The van der Waals surface area contributed by atoms with Crippen LogP contribution in [0.15, 0.2) is 11.6 Å². The Balaban J connectivity index is 2.45. The van der Waals surface area contributed by atoms with E-state index in [1.165, 1.54) is 5.57 Å². The Morgan fingerprint density at radius 1 is 1.44 bits per heavy atom. The summed E-state index contributed by atoms with van der Waals surface area (Å²) in [6.07, 6.45) is 4.71. The van der Waals surface area contributed by atoms with Gasteiger partial charge in [0.15, 0.2) is 0 Å². The monoisotopic (exact) mass is 123 g/mol. The predicted molar refractivity (Wildman–Crippen MR) is 41.0 cm³/mol. The molecule has 1 fully saturated rings. The highest BCUT2D eigenvalue weighted by molar-refractivity contribution is 5.23. The maximum Gasteiger partial charge on any atom is -0.0140 e. The highest BCUT2D eigenvalue weighted by Crippen LogP contribution is 2.51. The van der Waals surface area contributed by atoms with Gasteiger partial charge < -0.3 is 0 Å². The molecule has 0 heteroatoms. The van der Waals surface area contributed by atoms with Gasteiger partial charge in [0.25, 0.3) is 0 Å². The summed E-state index contributed by atoms with van der Waals surface area (Å²) in [5, 5.41) is 0. The molecule has 9 heavy (non-hydrogen) atoms. The summed E-state index contributed by atoms with van der Waals surface area (Å²) in [6, 6.07) is 0. The van der Waals surface area contributed by atoms with Crippen LogP contribution in [0.25, 0.3) is 0 Å². The van der Waals surface area contributed by atoms with E-state index in [2.05, 4.69) is 40.2 Å². The smallest absolute Gasteiger partial charge is 0.0140 e. The van der Waals surface area contributed by atoms with Crippen LogP contribution in [-0.2, 0) is 0 Å². The Morgan fingerprint density at radius 2 is 1.89 bits per heavy atom. The van der Waals surface area contributed by atoms with Crippen LogP contribution >= 0.6 is 0 Å². The van der Waals surface area contributed by atoms with Crippen molar-refractivity contribution in [2.75, 3.05) is 0 Å². The molecule has 1 unspecified atom stereocenters. The molecule has 0 amide bonds. The van der Waals surface area contributed by atoms with Gasteiger partial charge in [0.1, 0.15) is 0 Å². The van der Waals surface area contributed by atoms with E-state index in [4.69, 9.17) is 0 Å². The largest absolute Gasteiger partial charge is 0.0819 e. The Morgan fingerprint density at radius 3 is 2.00 bits per heavy atom. The van der Waals surface area contributed by atoms with Gasteiger partial charge >= 0.3 is 0 Å². The van der Waals surface area contributed by atoms with Crippen molar-refractivity contribution in [3.05, 3.63) is 18.1 Å². The van der Waals surface area contributed by atoms with Gasteiger partial charge in [-0.2, -0.15) is 0 Å². The summed E-state index contributed by atoms with van der Waals surface area (Å²) in [4.78, 5) is 0. The minimum atomic E-state index is 0.497. The van der Waals surface area contributed by atoms with Gasteiger partial charge in [-0.1, -0.05) is 25.5 Å². The number of allylic oxidation sites excluding steroid dienone is 2. The van der Waals surface area contributed by atoms with E-state index in [9.17, 15) is 0 Å². The Hall–Kier alpha value is -0.260. The molecule has 1 radical (unpaired) electrons. The van der Waals surface area contributed by atoms with Crippen molar-refractivity contribution in [1.29, 1.82) is 0 Å². The molecular formula is C9H15. The van der Waals surface area contributed by atoms with Crippen LogP contribution in [0.1, 0.15) is 27.7 Å². The van der Waals surface area contributed by atoms with Gasteiger partial charge in [-0.25, -0.2) is 0 Å². The second-order valence-corrected chi connectivity index (χ2v) is 3.76. The van der Waals surface area contributed by atoms with Crippen LogP contribution in [0.4, 0.5) is 0 Å². The third kappa shape index (κ3) is 1.57. The zero-order valence-electron chi connectivity index (χ0n) is 6.73. The molecule has 1 aliphatic rings. The quantitative estimate of drug-likeness (QED) is 0.470. The Labute approximate surface area is 58.0 Å². The van der Waals surface area contributed by atoms with Crippen molar-refractivity contribution < 1.29 is 0 Å². The molecule has 1 aliphatic carbocycles. The van der Waals surface area contributed by atoms with Crippen molar-refractivity contribution in [3.8, 4) is 0 Å². The molecule has 0 aromatic carbocycles. The molecule has 0 heterocycles. The van der Waals surface area contributed by atoms with Gasteiger partial charge in [-0.3, -0.25) is 0 Å². The molecule has 0 aromatic rings. The van der Waals surface area contributed by atoms with E-state index in [0.717, 1.165) is 5.92 Å². The summed E-state index contributed by atoms with van der Waals surface area (Å²) in [5.41, 5.74) is 1.93. The van der Waals surface area contributed by atoms with Gasteiger partial charge in [-0.15, -0.1) is 0 Å². The fourth-order valence-corrected chi connectivity index (χ4v) is 1.04. The van der Waals surface area contributed by atoms with E-state index >= 15 is 0 Å². The van der Waals surface area contributed by atoms with Gasteiger partial charge in [-0.05, 0) is 31.6 Å². The summed E-state index contributed by atoms with van der Waals surface area (Å²) in [6.45, 7) is 8.86. The molecule has 0 spiro atoms. The lowest BCUT2D eigenvalue weighted by molar-refractivity contribution is 0.624. The van der Waals surface area contributed by atoms with Gasteiger partial charge in [0.2, 0.25) is 0 Å². The third-order valence-corrected chi connectivity index (χ3v) is 1.87. The highest BCUT2D eigenvalue weighted by Gasteiger charge is 2.43. The SMILES string of the molecule is CC(C)=CC1[CH]C1(C)C. The third-order valence-electron chi connectivity index (χ3n) is 1.87. The molecular weight excluding hydrogens is 108 g/mol. The standard InChI is InChI=1S/C9H15/c1-7(2)5-8-6-9(8,3)4/h5-6,8H,1-4H3. The van der Waals surface area contributed by atoms with Crippen molar-refractivity contribution in [2.24, 2.45) is 11.3 Å². The number of rotatable bonds is 1. The fourth-order valence-electron chi connectivity index (χ4n) is 1.04. The summed E-state index contributed by atoms with van der Waals surface area (Å²) < 4.78 is 0. The van der Waals surface area contributed by atoms with E-state index in [-0.39, 0.29) is 0 Å². The first-order valence-electron chi connectivity index (χ1n) is 3.53. The van der Waals surface area contributed by atoms with E-state index in [1.54, 1.807) is 0 Å². The van der Waals surface area contributed by atoms with Crippen LogP contribution in [-0.4, -0.2) is 0 Å². The van der Waals surface area contributed by atoms with Gasteiger partial charge in [0, 0.05) is 0 Å². The second-order valence-electron chi connectivity index (χ2n) is 3.76. The van der Waals surface area contributed by atoms with E-state index in [0.29, 0.717) is 5.41 Å². The normalized spacial score (nSPS) is 29.6. The Bertz CT molecular complexity index is 136. The van der Waals surface area contributed by atoms with Crippen LogP contribution in [0.5, 0.6) is 0 Å². The van der Waals surface area contributed by atoms with Crippen LogP contribution in [0.2, 0.25) is 0 Å². The lowest BCUT2D eigenvalue weighted by Gasteiger charge is -1.96. The van der Waals surface area contributed by atoms with Crippen molar-refractivity contribution in [3.63, 3.8) is 0 Å². The van der Waals surface area contributed by atoms with E-state index < -0.39 is 0 Å². The first-order chi connectivity index (χ1) is 4.02. The average molecular weight is 123 g/mol. The predicted octanol–water partition coefficient (Wildman–Crippen LogP) is 2.81. The number of hydrogen-bond acceptors (Lipinski definition) is 0. The summed E-state index contributed by atoms with van der Waals surface area (Å²) in [7, 11) is 0. The molecule has 51 valence electrons. The first kappa shape index (κ1) is 6.85. The van der Waals surface area contributed by atoms with Crippen molar-refractivity contribution >= 4 is 0 Å². The maximum atomic E-state index is 2.38.